The van der Waals surface area contributed by atoms with Crippen LogP contribution in [0.25, 0.3) is 0 Å². The Morgan fingerprint density at radius 2 is 1.81 bits per heavy atom. The number of likely N-dealkylation sites (tertiary alicyclic amines) is 2. The number of aromatic nitrogens is 1. The van der Waals surface area contributed by atoms with Gasteiger partial charge in [-0.2, -0.15) is 0 Å². The summed E-state index contributed by atoms with van der Waals surface area (Å²) in [5.74, 6) is 0.452. The first kappa shape index (κ1) is 17.2. The van der Waals surface area contributed by atoms with Crippen LogP contribution >= 0.6 is 0 Å². The summed E-state index contributed by atoms with van der Waals surface area (Å²) in [6.07, 6.45) is 6.05. The maximum absolute atomic E-state index is 13.3. The number of pyridine rings is 1. The van der Waals surface area contributed by atoms with Gasteiger partial charge in [-0.3, -0.25) is 14.7 Å². The normalized spacial score (nSPS) is 23.9. The topological polar surface area (TPSA) is 36.4 Å². The van der Waals surface area contributed by atoms with Gasteiger partial charge in [0.05, 0.1) is 17.7 Å². The lowest BCUT2D eigenvalue weighted by Crippen LogP contribution is -2.44. The summed E-state index contributed by atoms with van der Waals surface area (Å²) in [5.41, 5.74) is 2.36. The van der Waals surface area contributed by atoms with E-state index in [9.17, 15) is 4.79 Å². The first-order valence-corrected chi connectivity index (χ1v) is 9.79. The monoisotopic (exact) mass is 349 g/mol. The maximum Gasteiger partial charge on any atom is 0.227 e. The van der Waals surface area contributed by atoms with Crippen molar-refractivity contribution in [3.8, 4) is 0 Å². The van der Waals surface area contributed by atoms with Crippen LogP contribution in [0.5, 0.6) is 0 Å². The minimum atomic E-state index is 0.122. The van der Waals surface area contributed by atoms with Crippen molar-refractivity contribution in [2.24, 2.45) is 5.92 Å². The van der Waals surface area contributed by atoms with Gasteiger partial charge in [-0.25, -0.2) is 0 Å². The molecule has 136 valence electrons. The lowest BCUT2D eigenvalue weighted by molar-refractivity contribution is -0.138. The third-order valence-electron chi connectivity index (χ3n) is 5.67. The molecule has 1 aromatic heterocycles. The number of amides is 1. The van der Waals surface area contributed by atoms with E-state index in [1.807, 2.05) is 18.3 Å². The van der Waals surface area contributed by atoms with Crippen molar-refractivity contribution in [3.63, 3.8) is 0 Å². The second kappa shape index (κ2) is 8.00. The van der Waals surface area contributed by atoms with E-state index in [1.165, 1.54) is 5.56 Å². The summed E-state index contributed by atoms with van der Waals surface area (Å²) in [4.78, 5) is 22.3. The average Bonchev–Trinajstić information content (AvgIpc) is 3.19. The second-order valence-corrected chi connectivity index (χ2v) is 7.50. The van der Waals surface area contributed by atoms with Crippen LogP contribution in [0.2, 0.25) is 0 Å². The minimum Gasteiger partial charge on any atom is -0.334 e. The van der Waals surface area contributed by atoms with E-state index in [2.05, 4.69) is 51.2 Å². The molecule has 0 saturated carbocycles. The Morgan fingerprint density at radius 1 is 1.00 bits per heavy atom. The standard InChI is InChI=1S/C22H27N3O/c26-22(25-15-7-12-21(25)20-11-4-5-13-23-20)19-10-6-14-24(17-19)16-18-8-2-1-3-9-18/h1-5,8-9,11,13,19,21H,6-7,10,12,14-17H2. The molecule has 1 amide bonds. The lowest BCUT2D eigenvalue weighted by Gasteiger charge is -2.35. The zero-order chi connectivity index (χ0) is 17.8. The Labute approximate surface area is 155 Å². The van der Waals surface area contributed by atoms with Crippen LogP contribution in [0, 0.1) is 5.92 Å². The van der Waals surface area contributed by atoms with Gasteiger partial charge in [0.1, 0.15) is 0 Å². The van der Waals surface area contributed by atoms with Crippen molar-refractivity contribution >= 4 is 5.91 Å². The van der Waals surface area contributed by atoms with Gasteiger partial charge in [0.2, 0.25) is 5.91 Å². The molecule has 1 aromatic carbocycles. The van der Waals surface area contributed by atoms with E-state index >= 15 is 0 Å². The van der Waals surface area contributed by atoms with Crippen LogP contribution in [0.3, 0.4) is 0 Å². The molecule has 4 rings (SSSR count). The van der Waals surface area contributed by atoms with Crippen molar-refractivity contribution in [2.45, 2.75) is 38.3 Å². The molecule has 2 aliphatic heterocycles. The predicted octanol–water partition coefficient (Wildman–Crippen LogP) is 3.66. The Kier molecular flexibility index (Phi) is 5.30. The van der Waals surface area contributed by atoms with Crippen LogP contribution < -0.4 is 0 Å². The van der Waals surface area contributed by atoms with Crippen LogP contribution in [0.15, 0.2) is 54.7 Å². The molecule has 0 radical (unpaired) electrons. The zero-order valence-electron chi connectivity index (χ0n) is 15.3. The lowest BCUT2D eigenvalue weighted by atomic mass is 9.95. The SMILES string of the molecule is O=C(C1CCCN(Cc2ccccc2)C1)N1CCCC1c1ccccn1. The van der Waals surface area contributed by atoms with Gasteiger partial charge in [-0.05, 0) is 49.9 Å². The number of hydrogen-bond acceptors (Lipinski definition) is 3. The highest BCUT2D eigenvalue weighted by Crippen LogP contribution is 2.33. The van der Waals surface area contributed by atoms with Crippen LogP contribution in [0.1, 0.15) is 43.0 Å². The summed E-state index contributed by atoms with van der Waals surface area (Å²) < 4.78 is 0. The van der Waals surface area contributed by atoms with Crippen molar-refractivity contribution in [3.05, 3.63) is 66.0 Å². The highest BCUT2D eigenvalue weighted by atomic mass is 16.2. The number of hydrogen-bond donors (Lipinski definition) is 0. The Bertz CT molecular complexity index is 719. The first-order chi connectivity index (χ1) is 12.8. The van der Waals surface area contributed by atoms with Gasteiger partial charge < -0.3 is 4.90 Å². The highest BCUT2D eigenvalue weighted by Gasteiger charge is 2.36. The van der Waals surface area contributed by atoms with E-state index in [0.29, 0.717) is 5.91 Å². The van der Waals surface area contributed by atoms with Gasteiger partial charge in [0.15, 0.2) is 0 Å². The van der Waals surface area contributed by atoms with Gasteiger partial charge >= 0.3 is 0 Å². The average molecular weight is 349 g/mol. The molecule has 0 bridgehead atoms. The van der Waals surface area contributed by atoms with Crippen molar-refractivity contribution < 1.29 is 4.79 Å². The molecule has 2 aliphatic rings. The number of piperidine rings is 1. The number of rotatable bonds is 4. The van der Waals surface area contributed by atoms with E-state index < -0.39 is 0 Å². The highest BCUT2D eigenvalue weighted by molar-refractivity contribution is 5.80. The van der Waals surface area contributed by atoms with Crippen LogP contribution in [0.4, 0.5) is 0 Å². The van der Waals surface area contributed by atoms with Gasteiger partial charge in [0, 0.05) is 25.8 Å². The number of carbonyl (C=O) groups is 1. The molecule has 3 heterocycles. The number of carbonyl (C=O) groups excluding carboxylic acids is 1. The summed E-state index contributed by atoms with van der Waals surface area (Å²) in [7, 11) is 0. The van der Waals surface area contributed by atoms with Crippen LogP contribution in [-0.2, 0) is 11.3 Å². The molecular formula is C22H27N3O. The second-order valence-electron chi connectivity index (χ2n) is 7.50. The van der Waals surface area contributed by atoms with E-state index in [4.69, 9.17) is 0 Å². The molecule has 0 aliphatic carbocycles. The quantitative estimate of drug-likeness (QED) is 0.845. The molecule has 2 aromatic rings. The molecule has 2 unspecified atom stereocenters. The van der Waals surface area contributed by atoms with E-state index in [0.717, 1.165) is 57.6 Å². The summed E-state index contributed by atoms with van der Waals surface area (Å²) >= 11 is 0. The maximum atomic E-state index is 13.3. The molecular weight excluding hydrogens is 322 g/mol. The molecule has 0 spiro atoms. The third-order valence-corrected chi connectivity index (χ3v) is 5.67. The molecule has 26 heavy (non-hydrogen) atoms. The Balaban J connectivity index is 1.42. The smallest absolute Gasteiger partial charge is 0.227 e. The largest absolute Gasteiger partial charge is 0.334 e. The fourth-order valence-electron chi connectivity index (χ4n) is 4.39. The van der Waals surface area contributed by atoms with Gasteiger partial charge in [-0.15, -0.1) is 0 Å². The fourth-order valence-corrected chi connectivity index (χ4v) is 4.39. The van der Waals surface area contributed by atoms with E-state index in [1.54, 1.807) is 0 Å². The van der Waals surface area contributed by atoms with Crippen LogP contribution in [-0.4, -0.2) is 40.3 Å². The molecule has 0 N–H and O–H groups in total. The van der Waals surface area contributed by atoms with E-state index in [-0.39, 0.29) is 12.0 Å². The number of nitrogens with zero attached hydrogens (tertiary/aromatic N) is 3. The van der Waals surface area contributed by atoms with Crippen molar-refractivity contribution in [1.29, 1.82) is 0 Å². The molecule has 2 saturated heterocycles. The third kappa shape index (κ3) is 3.80. The molecule has 2 atom stereocenters. The number of benzene rings is 1. The molecule has 4 heteroatoms. The molecule has 2 fully saturated rings. The Hall–Kier alpha value is -2.20. The summed E-state index contributed by atoms with van der Waals surface area (Å²) in [6.45, 7) is 3.77. The first-order valence-electron chi connectivity index (χ1n) is 9.79. The molecule has 4 nitrogen and oxygen atoms in total. The summed E-state index contributed by atoms with van der Waals surface area (Å²) in [6, 6.07) is 16.7. The predicted molar refractivity (Wildman–Crippen MR) is 102 cm³/mol. The van der Waals surface area contributed by atoms with Gasteiger partial charge in [0.25, 0.3) is 0 Å². The van der Waals surface area contributed by atoms with Gasteiger partial charge in [-0.1, -0.05) is 36.4 Å². The van der Waals surface area contributed by atoms with Crippen molar-refractivity contribution in [1.82, 2.24) is 14.8 Å². The zero-order valence-corrected chi connectivity index (χ0v) is 15.3. The summed E-state index contributed by atoms with van der Waals surface area (Å²) in [5, 5.41) is 0. The Morgan fingerprint density at radius 3 is 2.62 bits per heavy atom. The minimum absolute atomic E-state index is 0.122. The fraction of sp³-hybridized carbons (Fsp3) is 0.455. The van der Waals surface area contributed by atoms with Crippen molar-refractivity contribution in [2.75, 3.05) is 19.6 Å².